The predicted octanol–water partition coefficient (Wildman–Crippen LogP) is 3.69. The van der Waals surface area contributed by atoms with Crippen molar-refractivity contribution < 1.29 is 27.0 Å². The number of fused-ring (bicyclic) bond motifs is 3. The first-order valence-corrected chi connectivity index (χ1v) is 15.9. The molecule has 1 unspecified atom stereocenters. The average molecular weight is 582 g/mol. The lowest BCUT2D eigenvalue weighted by molar-refractivity contribution is 0.448. The van der Waals surface area contributed by atoms with Gasteiger partial charge in [-0.3, -0.25) is 0 Å². The molecular formula is C27H27N5O6S2. The van der Waals surface area contributed by atoms with Gasteiger partial charge in [-0.25, -0.2) is 30.8 Å². The number of aromatic hydroxyl groups is 2. The van der Waals surface area contributed by atoms with Gasteiger partial charge >= 0.3 is 0 Å². The molecule has 0 spiro atoms. The summed E-state index contributed by atoms with van der Waals surface area (Å²) >= 11 is 0. The maximum atomic E-state index is 13.5. The molecule has 2 N–H and O–H groups in total. The molecule has 2 aromatic carbocycles. The monoisotopic (exact) mass is 581 g/mol. The van der Waals surface area contributed by atoms with E-state index in [1.807, 2.05) is 11.5 Å². The van der Waals surface area contributed by atoms with E-state index in [2.05, 4.69) is 4.98 Å². The van der Waals surface area contributed by atoms with Crippen LogP contribution in [0.2, 0.25) is 0 Å². The second-order valence-electron chi connectivity index (χ2n) is 9.78. The van der Waals surface area contributed by atoms with Crippen molar-refractivity contribution in [1.82, 2.24) is 22.8 Å². The number of imidazole rings is 1. The van der Waals surface area contributed by atoms with Crippen molar-refractivity contribution >= 4 is 42.1 Å². The van der Waals surface area contributed by atoms with Crippen LogP contribution in [0.5, 0.6) is 11.5 Å². The molecular weight excluding hydrogens is 554 g/mol. The number of phenolic OH excluding ortho intramolecular Hbond substituents is 2. The first-order valence-electron chi connectivity index (χ1n) is 12.8. The molecule has 1 aliphatic heterocycles. The number of aromatic nitrogens is 4. The van der Waals surface area contributed by atoms with E-state index in [-0.39, 0.29) is 40.4 Å². The van der Waals surface area contributed by atoms with Crippen molar-refractivity contribution in [3.05, 3.63) is 67.0 Å². The predicted molar refractivity (Wildman–Crippen MR) is 150 cm³/mol. The van der Waals surface area contributed by atoms with Crippen LogP contribution in [0.25, 0.3) is 33.5 Å². The summed E-state index contributed by atoms with van der Waals surface area (Å²) in [6.07, 6.45) is 3.92. The lowest BCUT2D eigenvalue weighted by Gasteiger charge is -2.19. The van der Waals surface area contributed by atoms with Crippen LogP contribution < -0.4 is 0 Å². The molecule has 4 heterocycles. The van der Waals surface area contributed by atoms with Gasteiger partial charge in [-0.1, -0.05) is 25.1 Å². The molecule has 208 valence electrons. The van der Waals surface area contributed by atoms with Crippen molar-refractivity contribution in [1.29, 1.82) is 0 Å². The molecule has 1 aliphatic rings. The largest absolute Gasteiger partial charge is 0.508 e. The SMILES string of the molecule is CCCS(=O)(=O)N1CCC(n2c(-c3ccc(O)cc3O)nc3cnc4c(ccn4S(=O)(=O)c4ccccc4)c32)C1. The van der Waals surface area contributed by atoms with Gasteiger partial charge in [0.05, 0.1) is 34.0 Å². The van der Waals surface area contributed by atoms with E-state index in [0.717, 1.165) is 3.97 Å². The molecule has 3 aromatic heterocycles. The van der Waals surface area contributed by atoms with Crippen molar-refractivity contribution in [2.75, 3.05) is 18.8 Å². The number of sulfonamides is 1. The van der Waals surface area contributed by atoms with Crippen LogP contribution in [0.4, 0.5) is 0 Å². The van der Waals surface area contributed by atoms with E-state index in [1.54, 1.807) is 30.3 Å². The summed E-state index contributed by atoms with van der Waals surface area (Å²) in [6.45, 7) is 2.34. The maximum Gasteiger partial charge on any atom is 0.269 e. The van der Waals surface area contributed by atoms with E-state index >= 15 is 0 Å². The van der Waals surface area contributed by atoms with E-state index < -0.39 is 20.0 Å². The molecule has 1 fully saturated rings. The third-order valence-electron chi connectivity index (χ3n) is 7.20. The number of hydrogen-bond acceptors (Lipinski definition) is 8. The molecule has 13 heteroatoms. The molecule has 0 saturated carbocycles. The zero-order valence-corrected chi connectivity index (χ0v) is 23.2. The van der Waals surface area contributed by atoms with Crippen LogP contribution >= 0.6 is 0 Å². The first-order chi connectivity index (χ1) is 19.1. The summed E-state index contributed by atoms with van der Waals surface area (Å²) in [5.74, 6) is 0.0946. The van der Waals surface area contributed by atoms with Gasteiger partial charge in [0, 0.05) is 30.7 Å². The van der Waals surface area contributed by atoms with E-state index in [4.69, 9.17) is 4.98 Å². The lowest BCUT2D eigenvalue weighted by Crippen LogP contribution is -2.31. The highest BCUT2D eigenvalue weighted by molar-refractivity contribution is 7.90. The Kier molecular flexibility index (Phi) is 6.32. The van der Waals surface area contributed by atoms with Gasteiger partial charge < -0.3 is 14.8 Å². The number of phenols is 2. The molecule has 5 aromatic rings. The highest BCUT2D eigenvalue weighted by Gasteiger charge is 2.35. The molecule has 40 heavy (non-hydrogen) atoms. The zero-order valence-electron chi connectivity index (χ0n) is 21.5. The molecule has 0 amide bonds. The van der Waals surface area contributed by atoms with Crippen molar-refractivity contribution in [2.45, 2.75) is 30.7 Å². The van der Waals surface area contributed by atoms with Gasteiger partial charge in [0.15, 0.2) is 5.65 Å². The number of hydrogen-bond donors (Lipinski definition) is 2. The van der Waals surface area contributed by atoms with Crippen LogP contribution in [0.15, 0.2) is 71.9 Å². The molecule has 0 radical (unpaired) electrons. The average Bonchev–Trinajstić information content (AvgIpc) is 3.65. The van der Waals surface area contributed by atoms with Crippen molar-refractivity contribution in [3.8, 4) is 22.9 Å². The fourth-order valence-electron chi connectivity index (χ4n) is 5.36. The lowest BCUT2D eigenvalue weighted by atomic mass is 10.1. The van der Waals surface area contributed by atoms with Gasteiger partial charge in [0.25, 0.3) is 10.0 Å². The summed E-state index contributed by atoms with van der Waals surface area (Å²) in [7, 11) is -7.39. The Balaban J connectivity index is 1.58. The highest BCUT2D eigenvalue weighted by atomic mass is 32.2. The first kappa shape index (κ1) is 26.3. The maximum absolute atomic E-state index is 13.5. The number of nitrogens with zero attached hydrogens (tertiary/aromatic N) is 5. The van der Waals surface area contributed by atoms with Gasteiger partial charge in [0.2, 0.25) is 10.0 Å². The molecule has 6 rings (SSSR count). The molecule has 1 saturated heterocycles. The minimum Gasteiger partial charge on any atom is -0.508 e. The van der Waals surface area contributed by atoms with Gasteiger partial charge in [-0.05, 0) is 43.2 Å². The summed E-state index contributed by atoms with van der Waals surface area (Å²) in [4.78, 5) is 9.32. The van der Waals surface area contributed by atoms with Crippen LogP contribution in [0, 0.1) is 0 Å². The fourth-order valence-corrected chi connectivity index (χ4v) is 8.24. The Bertz CT molecular complexity index is 1970. The zero-order chi connectivity index (χ0) is 28.2. The second-order valence-corrected chi connectivity index (χ2v) is 13.7. The Hall–Kier alpha value is -3.94. The Morgan fingerprint density at radius 3 is 2.52 bits per heavy atom. The second kappa shape index (κ2) is 9.61. The molecule has 1 atom stereocenters. The minimum atomic E-state index is -3.94. The standard InChI is InChI=1S/C27H27N5O6S2/c1-2-14-39(35,36)30-12-10-18(17-30)32-25-22-11-13-31(40(37,38)20-6-4-3-5-7-20)26(22)28-16-23(25)29-27(32)21-9-8-19(33)15-24(21)34/h3-9,11,13,15-16,18,33-34H,2,10,12,14,17H2,1H3. The third kappa shape index (κ3) is 4.21. The Morgan fingerprint density at radius 1 is 1.02 bits per heavy atom. The third-order valence-corrected chi connectivity index (χ3v) is 10.9. The van der Waals surface area contributed by atoms with Crippen molar-refractivity contribution in [2.24, 2.45) is 0 Å². The van der Waals surface area contributed by atoms with Crippen LogP contribution in [0.3, 0.4) is 0 Å². The molecule has 0 aliphatic carbocycles. The van der Waals surface area contributed by atoms with Gasteiger partial charge in [0.1, 0.15) is 22.8 Å². The Labute approximate surface area is 231 Å². The number of benzene rings is 2. The topological polar surface area (TPSA) is 148 Å². The normalized spacial score (nSPS) is 16.8. The summed E-state index contributed by atoms with van der Waals surface area (Å²) in [6, 6.07) is 13.5. The quantitative estimate of drug-likeness (QED) is 0.296. The summed E-state index contributed by atoms with van der Waals surface area (Å²) in [5, 5.41) is 21.1. The van der Waals surface area contributed by atoms with Crippen LogP contribution in [0.1, 0.15) is 25.8 Å². The van der Waals surface area contributed by atoms with Crippen LogP contribution in [-0.4, -0.2) is 68.7 Å². The number of pyridine rings is 1. The minimum absolute atomic E-state index is 0.0460. The van der Waals surface area contributed by atoms with E-state index in [0.29, 0.717) is 47.2 Å². The highest BCUT2D eigenvalue weighted by Crippen LogP contribution is 2.40. The molecule has 11 nitrogen and oxygen atoms in total. The fraction of sp³-hybridized carbons (Fsp3) is 0.259. The summed E-state index contributed by atoms with van der Waals surface area (Å²) in [5.41, 5.74) is 1.58. The van der Waals surface area contributed by atoms with E-state index in [1.165, 1.54) is 41.0 Å². The van der Waals surface area contributed by atoms with Gasteiger partial charge in [-0.2, -0.15) is 4.31 Å². The van der Waals surface area contributed by atoms with Crippen molar-refractivity contribution in [3.63, 3.8) is 0 Å². The smallest absolute Gasteiger partial charge is 0.269 e. The van der Waals surface area contributed by atoms with Crippen LogP contribution in [-0.2, 0) is 20.0 Å². The number of rotatable bonds is 7. The Morgan fingerprint density at radius 2 is 1.80 bits per heavy atom. The van der Waals surface area contributed by atoms with E-state index in [9.17, 15) is 27.0 Å². The summed E-state index contributed by atoms with van der Waals surface area (Å²) < 4.78 is 57.2. The van der Waals surface area contributed by atoms with Gasteiger partial charge in [-0.15, -0.1) is 0 Å². The molecule has 0 bridgehead atoms.